The average molecular weight is 333 g/mol. The predicted molar refractivity (Wildman–Crippen MR) is 102 cm³/mol. The van der Waals surface area contributed by atoms with Gasteiger partial charge >= 0.3 is 0 Å². The van der Waals surface area contributed by atoms with Crippen LogP contribution in [0.5, 0.6) is 5.75 Å². The number of fused-ring (bicyclic) bond motifs is 1. The first-order chi connectivity index (χ1) is 12.2. The van der Waals surface area contributed by atoms with E-state index < -0.39 is 0 Å². The van der Waals surface area contributed by atoms with Gasteiger partial charge in [-0.05, 0) is 48.2 Å². The molecule has 0 unspecified atom stereocenters. The minimum absolute atomic E-state index is 0.0357. The molecule has 0 bridgehead atoms. The molecule has 0 radical (unpaired) electrons. The summed E-state index contributed by atoms with van der Waals surface area (Å²) in [7, 11) is 0. The van der Waals surface area contributed by atoms with Crippen LogP contribution >= 0.6 is 0 Å². The van der Waals surface area contributed by atoms with Gasteiger partial charge in [-0.3, -0.25) is 4.79 Å². The molecule has 3 aromatic carbocycles. The Morgan fingerprint density at radius 3 is 2.48 bits per heavy atom. The highest BCUT2D eigenvalue weighted by Gasteiger charge is 2.08. The van der Waals surface area contributed by atoms with Crippen LogP contribution in [0.3, 0.4) is 0 Å². The second-order valence-electron chi connectivity index (χ2n) is 6.29. The number of hydrogen-bond acceptors (Lipinski definition) is 2. The summed E-state index contributed by atoms with van der Waals surface area (Å²) in [5.41, 5.74) is 1.29. The molecule has 0 aliphatic heterocycles. The summed E-state index contributed by atoms with van der Waals surface area (Å²) in [6, 6.07) is 24.4. The minimum atomic E-state index is -0.0891. The molecule has 0 aliphatic rings. The molecule has 0 saturated heterocycles. The predicted octanol–water partition coefficient (Wildman–Crippen LogP) is 4.36. The smallest absolute Gasteiger partial charge is 0.258 e. The van der Waals surface area contributed by atoms with Gasteiger partial charge < -0.3 is 10.1 Å². The number of aryl methyl sites for hydroxylation is 1. The highest BCUT2D eigenvalue weighted by Crippen LogP contribution is 2.20. The van der Waals surface area contributed by atoms with E-state index in [-0.39, 0.29) is 18.6 Å². The van der Waals surface area contributed by atoms with E-state index in [4.69, 9.17) is 4.74 Å². The van der Waals surface area contributed by atoms with Crippen molar-refractivity contribution in [3.05, 3.63) is 78.4 Å². The number of hydrogen-bond donors (Lipinski definition) is 1. The summed E-state index contributed by atoms with van der Waals surface area (Å²) in [6.07, 6.45) is 1.86. The van der Waals surface area contributed by atoms with E-state index in [0.29, 0.717) is 5.75 Å². The molecule has 0 aliphatic carbocycles. The number of ether oxygens (including phenoxy) is 1. The summed E-state index contributed by atoms with van der Waals surface area (Å²) in [5, 5.41) is 5.26. The summed E-state index contributed by atoms with van der Waals surface area (Å²) in [6.45, 7) is 2.06. The van der Waals surface area contributed by atoms with Crippen LogP contribution in [-0.4, -0.2) is 18.6 Å². The van der Waals surface area contributed by atoms with Crippen molar-refractivity contribution in [1.82, 2.24) is 5.32 Å². The number of rotatable bonds is 7. The Morgan fingerprint density at radius 2 is 1.68 bits per heavy atom. The molecule has 3 heteroatoms. The van der Waals surface area contributed by atoms with Crippen molar-refractivity contribution < 1.29 is 9.53 Å². The Hall–Kier alpha value is -2.81. The first kappa shape index (κ1) is 17.0. The van der Waals surface area contributed by atoms with Crippen LogP contribution in [0.15, 0.2) is 72.8 Å². The first-order valence-electron chi connectivity index (χ1n) is 8.65. The van der Waals surface area contributed by atoms with Crippen molar-refractivity contribution in [1.29, 1.82) is 0 Å². The van der Waals surface area contributed by atoms with Crippen molar-refractivity contribution in [3.63, 3.8) is 0 Å². The molecule has 3 nitrogen and oxygen atoms in total. The van der Waals surface area contributed by atoms with Gasteiger partial charge in [-0.15, -0.1) is 0 Å². The molecule has 1 amide bonds. The quantitative estimate of drug-likeness (QED) is 0.698. The van der Waals surface area contributed by atoms with Crippen LogP contribution in [0.4, 0.5) is 0 Å². The van der Waals surface area contributed by atoms with Crippen molar-refractivity contribution in [3.8, 4) is 5.75 Å². The molecule has 0 aromatic heterocycles. The third-order valence-electron chi connectivity index (χ3n) is 4.21. The van der Waals surface area contributed by atoms with Crippen LogP contribution in [0.1, 0.15) is 18.9 Å². The van der Waals surface area contributed by atoms with Gasteiger partial charge in [-0.2, -0.15) is 0 Å². The lowest BCUT2D eigenvalue weighted by Gasteiger charge is -2.14. The van der Waals surface area contributed by atoms with E-state index in [2.05, 4.69) is 23.5 Å². The molecule has 25 heavy (non-hydrogen) atoms. The van der Waals surface area contributed by atoms with Crippen LogP contribution in [0, 0.1) is 0 Å². The fourth-order valence-corrected chi connectivity index (χ4v) is 2.82. The standard InChI is InChI=1S/C22H23NO2/c1-17(11-12-18-7-3-2-4-8-18)23-22(24)16-25-21-14-13-19-9-5-6-10-20(19)15-21/h2-10,13-15,17H,11-12,16H2,1H3,(H,23,24)/t17-/m0/s1. The van der Waals surface area contributed by atoms with Crippen molar-refractivity contribution in [2.75, 3.05) is 6.61 Å². The van der Waals surface area contributed by atoms with Gasteiger partial charge in [0.2, 0.25) is 0 Å². The lowest BCUT2D eigenvalue weighted by atomic mass is 10.1. The van der Waals surface area contributed by atoms with Gasteiger partial charge in [0.05, 0.1) is 0 Å². The van der Waals surface area contributed by atoms with Crippen LogP contribution in [0.2, 0.25) is 0 Å². The normalized spacial score (nSPS) is 11.9. The molecule has 0 spiro atoms. The lowest BCUT2D eigenvalue weighted by molar-refractivity contribution is -0.123. The lowest BCUT2D eigenvalue weighted by Crippen LogP contribution is -2.36. The van der Waals surface area contributed by atoms with Gasteiger partial charge in [0.25, 0.3) is 5.91 Å². The van der Waals surface area contributed by atoms with Crippen LogP contribution in [0.25, 0.3) is 10.8 Å². The number of carbonyl (C=O) groups excluding carboxylic acids is 1. The molecule has 1 N–H and O–H groups in total. The molecule has 3 rings (SSSR count). The monoisotopic (exact) mass is 333 g/mol. The van der Waals surface area contributed by atoms with E-state index in [1.807, 2.05) is 61.5 Å². The highest BCUT2D eigenvalue weighted by molar-refractivity contribution is 5.84. The third-order valence-corrected chi connectivity index (χ3v) is 4.21. The van der Waals surface area contributed by atoms with Crippen molar-refractivity contribution in [2.45, 2.75) is 25.8 Å². The zero-order valence-corrected chi connectivity index (χ0v) is 14.4. The maximum atomic E-state index is 12.1. The van der Waals surface area contributed by atoms with Crippen LogP contribution in [-0.2, 0) is 11.2 Å². The second kappa shape index (κ2) is 8.34. The van der Waals surface area contributed by atoms with Gasteiger partial charge in [0, 0.05) is 6.04 Å². The fraction of sp³-hybridized carbons (Fsp3) is 0.227. The fourth-order valence-electron chi connectivity index (χ4n) is 2.82. The molecule has 0 saturated carbocycles. The van der Waals surface area contributed by atoms with E-state index in [1.165, 1.54) is 5.56 Å². The zero-order valence-electron chi connectivity index (χ0n) is 14.4. The molecule has 1 atom stereocenters. The maximum Gasteiger partial charge on any atom is 0.258 e. The maximum absolute atomic E-state index is 12.1. The van der Waals surface area contributed by atoms with Gasteiger partial charge in [0.15, 0.2) is 6.61 Å². The number of carbonyl (C=O) groups is 1. The molecule has 0 heterocycles. The van der Waals surface area contributed by atoms with Crippen molar-refractivity contribution >= 4 is 16.7 Å². The Balaban J connectivity index is 1.45. The molecular weight excluding hydrogens is 310 g/mol. The number of nitrogens with one attached hydrogen (secondary N) is 1. The largest absolute Gasteiger partial charge is 0.484 e. The van der Waals surface area contributed by atoms with Crippen LogP contribution < -0.4 is 10.1 Å². The molecule has 0 fully saturated rings. The molecule has 3 aromatic rings. The first-order valence-corrected chi connectivity index (χ1v) is 8.65. The third kappa shape index (κ3) is 5.08. The second-order valence-corrected chi connectivity index (χ2v) is 6.29. The highest BCUT2D eigenvalue weighted by atomic mass is 16.5. The zero-order chi connectivity index (χ0) is 17.5. The van der Waals surface area contributed by atoms with Gasteiger partial charge in [-0.25, -0.2) is 0 Å². The number of amides is 1. The van der Waals surface area contributed by atoms with Gasteiger partial charge in [0.1, 0.15) is 5.75 Å². The Morgan fingerprint density at radius 1 is 0.960 bits per heavy atom. The summed E-state index contributed by atoms with van der Waals surface area (Å²) in [5.74, 6) is 0.625. The Labute approximate surface area is 148 Å². The molecular formula is C22H23NO2. The van der Waals surface area contributed by atoms with E-state index in [0.717, 1.165) is 23.6 Å². The SMILES string of the molecule is C[C@@H](CCc1ccccc1)NC(=O)COc1ccc2ccccc2c1. The topological polar surface area (TPSA) is 38.3 Å². The summed E-state index contributed by atoms with van der Waals surface area (Å²) >= 11 is 0. The Bertz CT molecular complexity index is 830. The summed E-state index contributed by atoms with van der Waals surface area (Å²) in [4.78, 5) is 12.1. The Kier molecular flexibility index (Phi) is 5.68. The van der Waals surface area contributed by atoms with E-state index >= 15 is 0 Å². The van der Waals surface area contributed by atoms with Gasteiger partial charge in [-0.1, -0.05) is 60.7 Å². The van der Waals surface area contributed by atoms with Crippen molar-refractivity contribution in [2.24, 2.45) is 0 Å². The minimum Gasteiger partial charge on any atom is -0.484 e. The van der Waals surface area contributed by atoms with E-state index in [1.54, 1.807) is 0 Å². The molecule has 128 valence electrons. The average Bonchev–Trinajstić information content (AvgIpc) is 2.65. The summed E-state index contributed by atoms with van der Waals surface area (Å²) < 4.78 is 5.63. The number of benzene rings is 3. The van der Waals surface area contributed by atoms with E-state index in [9.17, 15) is 4.79 Å².